The molecule has 134 valence electrons. The highest BCUT2D eigenvalue weighted by atomic mass is 35.5. The maximum Gasteiger partial charge on any atom is 0.315 e. The minimum atomic E-state index is -3.14. The predicted molar refractivity (Wildman–Crippen MR) is 95.6 cm³/mol. The van der Waals surface area contributed by atoms with Gasteiger partial charge in [0.2, 0.25) is 10.0 Å². The molecule has 1 unspecified atom stereocenters. The number of nitrogens with one attached hydrogen (secondary N) is 2. The number of amides is 2. The lowest BCUT2D eigenvalue weighted by Gasteiger charge is -2.31. The highest BCUT2D eigenvalue weighted by Crippen LogP contribution is 2.17. The van der Waals surface area contributed by atoms with E-state index in [1.165, 1.54) is 4.31 Å². The van der Waals surface area contributed by atoms with E-state index in [1.54, 1.807) is 19.1 Å². The van der Waals surface area contributed by atoms with E-state index in [9.17, 15) is 13.2 Å². The number of benzene rings is 1. The van der Waals surface area contributed by atoms with Crippen molar-refractivity contribution in [1.29, 1.82) is 0 Å². The summed E-state index contributed by atoms with van der Waals surface area (Å²) in [7, 11) is -3.14. The Morgan fingerprint density at radius 2 is 1.88 bits per heavy atom. The van der Waals surface area contributed by atoms with Gasteiger partial charge in [-0.1, -0.05) is 23.7 Å². The van der Waals surface area contributed by atoms with Crippen molar-refractivity contribution < 1.29 is 13.2 Å². The lowest BCUT2D eigenvalue weighted by Crippen LogP contribution is -2.49. The van der Waals surface area contributed by atoms with E-state index in [2.05, 4.69) is 10.6 Å². The van der Waals surface area contributed by atoms with Gasteiger partial charge in [0, 0.05) is 24.2 Å². The zero-order chi connectivity index (χ0) is 17.7. The summed E-state index contributed by atoms with van der Waals surface area (Å²) >= 11 is 5.86. The van der Waals surface area contributed by atoms with E-state index in [-0.39, 0.29) is 23.9 Å². The molecule has 1 aromatic carbocycles. The van der Waals surface area contributed by atoms with E-state index in [1.807, 2.05) is 19.1 Å². The van der Waals surface area contributed by atoms with Crippen molar-refractivity contribution >= 4 is 27.7 Å². The maximum absolute atomic E-state index is 12.1. The lowest BCUT2D eigenvalue weighted by molar-refractivity contribution is 0.225. The largest absolute Gasteiger partial charge is 0.335 e. The predicted octanol–water partition coefficient (Wildman–Crippen LogP) is 2.51. The topological polar surface area (TPSA) is 78.5 Å². The molecule has 1 saturated heterocycles. The van der Waals surface area contributed by atoms with Gasteiger partial charge in [0.15, 0.2) is 0 Å². The van der Waals surface area contributed by atoms with E-state index < -0.39 is 10.0 Å². The molecule has 2 amide bonds. The van der Waals surface area contributed by atoms with E-state index in [4.69, 9.17) is 11.6 Å². The van der Waals surface area contributed by atoms with Gasteiger partial charge in [-0.05, 0) is 44.4 Å². The third-order valence-corrected chi connectivity index (χ3v) is 6.40. The molecule has 2 N–H and O–H groups in total. The van der Waals surface area contributed by atoms with Crippen molar-refractivity contribution in [3.8, 4) is 0 Å². The third-order valence-electron chi connectivity index (χ3n) is 4.26. The van der Waals surface area contributed by atoms with Gasteiger partial charge in [0.05, 0.1) is 11.8 Å². The third kappa shape index (κ3) is 5.09. The van der Waals surface area contributed by atoms with Crippen LogP contribution in [0, 0.1) is 0 Å². The maximum atomic E-state index is 12.1. The molecule has 0 radical (unpaired) electrons. The summed E-state index contributed by atoms with van der Waals surface area (Å²) in [6.07, 6.45) is 1.25. The van der Waals surface area contributed by atoms with Gasteiger partial charge in [-0.2, -0.15) is 0 Å². The van der Waals surface area contributed by atoms with Crippen LogP contribution in [-0.4, -0.2) is 43.6 Å². The number of piperidine rings is 1. The molecular formula is C16H24ClN3O3S. The fraction of sp³-hybridized carbons (Fsp3) is 0.562. The molecule has 1 heterocycles. The van der Waals surface area contributed by atoms with Gasteiger partial charge in [-0.25, -0.2) is 17.5 Å². The number of halogens is 1. The molecule has 0 saturated carbocycles. The average Bonchev–Trinajstić information content (AvgIpc) is 2.55. The zero-order valence-electron chi connectivity index (χ0n) is 14.0. The van der Waals surface area contributed by atoms with Gasteiger partial charge < -0.3 is 10.6 Å². The summed E-state index contributed by atoms with van der Waals surface area (Å²) < 4.78 is 25.2. The van der Waals surface area contributed by atoms with Gasteiger partial charge in [-0.15, -0.1) is 0 Å². The van der Waals surface area contributed by atoms with Gasteiger partial charge in [0.25, 0.3) is 0 Å². The van der Waals surface area contributed by atoms with E-state index in [0.29, 0.717) is 31.0 Å². The van der Waals surface area contributed by atoms with Gasteiger partial charge in [0.1, 0.15) is 0 Å². The van der Waals surface area contributed by atoms with Crippen molar-refractivity contribution in [2.75, 3.05) is 18.8 Å². The Kier molecular flexibility index (Phi) is 6.48. The second-order valence-corrected chi connectivity index (χ2v) is 8.66. The van der Waals surface area contributed by atoms with Crippen LogP contribution in [0.4, 0.5) is 4.79 Å². The van der Waals surface area contributed by atoms with Crippen LogP contribution in [0.5, 0.6) is 0 Å². The molecule has 0 spiro atoms. The Morgan fingerprint density at radius 1 is 1.29 bits per heavy atom. The number of hydrogen-bond acceptors (Lipinski definition) is 3. The molecule has 1 aromatic rings. The van der Waals surface area contributed by atoms with Crippen LogP contribution in [0.1, 0.15) is 38.3 Å². The molecule has 6 nitrogen and oxygen atoms in total. The van der Waals surface area contributed by atoms with Crippen LogP contribution in [0.2, 0.25) is 5.02 Å². The molecular weight excluding hydrogens is 350 g/mol. The smallest absolute Gasteiger partial charge is 0.315 e. The quantitative estimate of drug-likeness (QED) is 0.832. The number of carbonyl (C=O) groups excluding carboxylic acids is 1. The molecule has 8 heteroatoms. The molecule has 0 aliphatic carbocycles. The number of nitrogens with zero attached hydrogens (tertiary/aromatic N) is 1. The summed E-state index contributed by atoms with van der Waals surface area (Å²) in [4.78, 5) is 12.1. The first-order valence-corrected chi connectivity index (χ1v) is 10.1. The Hall–Kier alpha value is -1.31. The minimum absolute atomic E-state index is 0.00859. The highest BCUT2D eigenvalue weighted by molar-refractivity contribution is 7.89. The SMILES string of the molecule is CCS(=O)(=O)N1CCC(NC(=O)NC(C)c2ccc(Cl)cc2)CC1. The summed E-state index contributed by atoms with van der Waals surface area (Å²) in [5.41, 5.74) is 0.971. The summed E-state index contributed by atoms with van der Waals surface area (Å²) in [5, 5.41) is 6.47. The summed E-state index contributed by atoms with van der Waals surface area (Å²) in [5.74, 6) is 0.115. The Morgan fingerprint density at radius 3 is 2.42 bits per heavy atom. The molecule has 24 heavy (non-hydrogen) atoms. The highest BCUT2D eigenvalue weighted by Gasteiger charge is 2.27. The molecule has 0 aromatic heterocycles. The lowest BCUT2D eigenvalue weighted by atomic mass is 10.1. The van der Waals surface area contributed by atoms with E-state index >= 15 is 0 Å². The number of carbonyl (C=O) groups is 1. The average molecular weight is 374 g/mol. The normalized spacial score (nSPS) is 18.1. The number of sulfonamides is 1. The van der Waals surface area contributed by atoms with Crippen LogP contribution in [0.3, 0.4) is 0 Å². The van der Waals surface area contributed by atoms with Crippen LogP contribution >= 0.6 is 11.6 Å². The van der Waals surface area contributed by atoms with Gasteiger partial charge in [-0.3, -0.25) is 0 Å². The van der Waals surface area contributed by atoms with Crippen LogP contribution < -0.4 is 10.6 Å². The van der Waals surface area contributed by atoms with Crippen molar-refractivity contribution in [1.82, 2.24) is 14.9 Å². The molecule has 1 atom stereocenters. The van der Waals surface area contributed by atoms with Crippen LogP contribution in [-0.2, 0) is 10.0 Å². The first-order valence-electron chi connectivity index (χ1n) is 8.12. The second-order valence-electron chi connectivity index (χ2n) is 5.96. The summed E-state index contributed by atoms with van der Waals surface area (Å²) in [6.45, 7) is 4.45. The zero-order valence-corrected chi connectivity index (χ0v) is 15.5. The first kappa shape index (κ1) is 19.0. The van der Waals surface area contributed by atoms with Crippen molar-refractivity contribution in [3.05, 3.63) is 34.9 Å². The minimum Gasteiger partial charge on any atom is -0.335 e. The number of rotatable bonds is 5. The fourth-order valence-corrected chi connectivity index (χ4v) is 3.98. The van der Waals surface area contributed by atoms with Crippen molar-refractivity contribution in [2.24, 2.45) is 0 Å². The molecule has 2 rings (SSSR count). The standard InChI is InChI=1S/C16H24ClN3O3S/c1-3-24(22,23)20-10-8-15(9-11-20)19-16(21)18-12(2)13-4-6-14(17)7-5-13/h4-7,12,15H,3,8-11H2,1-2H3,(H2,18,19,21). The monoisotopic (exact) mass is 373 g/mol. The van der Waals surface area contributed by atoms with Crippen molar-refractivity contribution in [3.63, 3.8) is 0 Å². The number of hydrogen-bond donors (Lipinski definition) is 2. The Bertz CT molecular complexity index is 656. The molecule has 1 aliphatic rings. The van der Waals surface area contributed by atoms with Gasteiger partial charge >= 0.3 is 6.03 Å². The van der Waals surface area contributed by atoms with E-state index in [0.717, 1.165) is 5.56 Å². The summed E-state index contributed by atoms with van der Waals surface area (Å²) in [6, 6.07) is 6.94. The molecule has 1 aliphatic heterocycles. The first-order chi connectivity index (χ1) is 11.3. The van der Waals surface area contributed by atoms with Crippen LogP contribution in [0.25, 0.3) is 0 Å². The molecule has 1 fully saturated rings. The Balaban J connectivity index is 1.80. The fourth-order valence-electron chi connectivity index (χ4n) is 2.72. The van der Waals surface area contributed by atoms with Crippen molar-refractivity contribution in [2.45, 2.75) is 38.8 Å². The molecule has 0 bridgehead atoms. The van der Waals surface area contributed by atoms with Crippen LogP contribution in [0.15, 0.2) is 24.3 Å². The second kappa shape index (κ2) is 8.18. The number of urea groups is 1. The Labute approximate surface area is 148 Å².